The van der Waals surface area contributed by atoms with Gasteiger partial charge in [-0.3, -0.25) is 4.90 Å². The molecule has 0 radical (unpaired) electrons. The number of urea groups is 1. The molecule has 2 amide bonds. The molecule has 240 valence electrons. The molecule has 1 fully saturated rings. The lowest BCUT2D eigenvalue weighted by Gasteiger charge is -2.44. The number of amides is 2. The van der Waals surface area contributed by atoms with Crippen LogP contribution in [0.4, 0.5) is 9.80 Å². The Balaban J connectivity index is 1.65. The number of nitrogens with zero attached hydrogens (tertiary/aromatic N) is 3. The minimum atomic E-state index is -4.47. The van der Waals surface area contributed by atoms with Gasteiger partial charge in [-0.05, 0) is 51.7 Å². The first-order valence-electron chi connectivity index (χ1n) is 14.0. The van der Waals surface area contributed by atoms with Crippen LogP contribution in [0.2, 0.25) is 0 Å². The summed E-state index contributed by atoms with van der Waals surface area (Å²) in [5.74, 6) is 0.242. The Kier molecular flexibility index (Phi) is 9.13. The first kappa shape index (κ1) is 32.4. The molecule has 4 heterocycles. The molecule has 1 aromatic carbocycles. The van der Waals surface area contributed by atoms with E-state index < -0.39 is 43.5 Å². The van der Waals surface area contributed by atoms with Gasteiger partial charge in [0.15, 0.2) is 0 Å². The van der Waals surface area contributed by atoms with E-state index in [4.69, 9.17) is 23.8 Å². The normalized spacial score (nSPS) is 18.3. The lowest BCUT2D eigenvalue weighted by Crippen LogP contribution is -2.59. The summed E-state index contributed by atoms with van der Waals surface area (Å²) >= 11 is 1.08. The number of rotatable bonds is 11. The molecule has 44 heavy (non-hydrogen) atoms. The number of fused-ring (bicyclic) bond motifs is 1. The van der Waals surface area contributed by atoms with Gasteiger partial charge in [-0.2, -0.15) is 0 Å². The first-order chi connectivity index (χ1) is 20.7. The van der Waals surface area contributed by atoms with Crippen LogP contribution in [0.1, 0.15) is 50.3 Å². The van der Waals surface area contributed by atoms with Gasteiger partial charge in [0.25, 0.3) is 10.0 Å². The molecule has 13 nitrogen and oxygen atoms in total. The maximum Gasteiger partial charge on any atom is 0.339 e. The maximum atomic E-state index is 14.4. The highest BCUT2D eigenvalue weighted by molar-refractivity contribution is 7.90. The van der Waals surface area contributed by atoms with E-state index in [1.54, 1.807) is 20.1 Å². The van der Waals surface area contributed by atoms with Crippen LogP contribution >= 0.6 is 11.3 Å². The number of oxazole rings is 1. The van der Waals surface area contributed by atoms with Crippen LogP contribution in [-0.2, 0) is 29.5 Å². The highest BCUT2D eigenvalue weighted by atomic mass is 32.2. The van der Waals surface area contributed by atoms with Crippen molar-refractivity contribution in [1.82, 2.24) is 9.29 Å². The number of para-hydroxylation sites is 1. The van der Waals surface area contributed by atoms with Gasteiger partial charge in [0.05, 0.1) is 42.1 Å². The van der Waals surface area contributed by atoms with Gasteiger partial charge in [0, 0.05) is 18.8 Å². The van der Waals surface area contributed by atoms with Gasteiger partial charge in [0.1, 0.15) is 28.0 Å². The average molecular weight is 669 g/mol. The smallest absolute Gasteiger partial charge is 0.339 e. The second-order valence-electron chi connectivity index (χ2n) is 11.3. The summed E-state index contributed by atoms with van der Waals surface area (Å²) < 4.78 is 76.4. The lowest BCUT2D eigenvalue weighted by molar-refractivity contribution is -0.0672. The van der Waals surface area contributed by atoms with Crippen LogP contribution in [0.25, 0.3) is 10.8 Å². The summed E-state index contributed by atoms with van der Waals surface area (Å²) in [6.45, 7) is 5.64. The molecule has 0 aliphatic carbocycles. The third-order valence-corrected chi connectivity index (χ3v) is 12.1. The summed E-state index contributed by atoms with van der Waals surface area (Å²) in [7, 11) is -6.87. The number of aromatic nitrogens is 1. The molecular weight excluding hydrogens is 633 g/mol. The molecule has 0 unspecified atom stereocenters. The number of hydrogen-bond donors (Lipinski definition) is 1. The van der Waals surface area contributed by atoms with Crippen molar-refractivity contribution in [2.45, 2.75) is 62.7 Å². The number of primary sulfonamides is 1. The molecule has 16 heteroatoms. The van der Waals surface area contributed by atoms with E-state index in [-0.39, 0.29) is 34.9 Å². The fourth-order valence-electron chi connectivity index (χ4n) is 5.49. The fraction of sp³-hybridized carbons (Fsp3) is 0.500. The summed E-state index contributed by atoms with van der Waals surface area (Å²) in [5.41, 5.74) is -0.418. The Morgan fingerprint density at radius 2 is 1.93 bits per heavy atom. The Bertz CT molecular complexity index is 1710. The van der Waals surface area contributed by atoms with Gasteiger partial charge >= 0.3 is 6.03 Å². The van der Waals surface area contributed by atoms with E-state index in [1.165, 1.54) is 31.2 Å². The van der Waals surface area contributed by atoms with Crippen molar-refractivity contribution in [2.24, 2.45) is 5.14 Å². The van der Waals surface area contributed by atoms with Crippen LogP contribution in [-0.4, -0.2) is 76.4 Å². The van der Waals surface area contributed by atoms with Crippen molar-refractivity contribution < 1.29 is 40.3 Å². The summed E-state index contributed by atoms with van der Waals surface area (Å²) in [4.78, 5) is 20.4. The third-order valence-electron chi connectivity index (χ3n) is 7.76. The zero-order valence-corrected chi connectivity index (χ0v) is 27.3. The van der Waals surface area contributed by atoms with Crippen molar-refractivity contribution in [2.75, 3.05) is 37.5 Å². The molecule has 0 bridgehead atoms. The number of carbonyl (C=O) groups is 1. The largest absolute Gasteiger partial charge is 0.496 e. The molecule has 1 saturated heterocycles. The summed E-state index contributed by atoms with van der Waals surface area (Å²) in [6.07, 6.45) is 3.03. The number of anilines is 1. The number of hydrogen-bond acceptors (Lipinski definition) is 11. The van der Waals surface area contributed by atoms with Gasteiger partial charge in [-0.15, -0.1) is 11.3 Å². The monoisotopic (exact) mass is 668 g/mol. The molecule has 0 spiro atoms. The van der Waals surface area contributed by atoms with Crippen molar-refractivity contribution >= 4 is 42.4 Å². The third kappa shape index (κ3) is 6.37. The van der Waals surface area contributed by atoms with E-state index in [9.17, 15) is 21.6 Å². The number of methoxy groups -OCH3 is 1. The number of benzene rings is 1. The average Bonchev–Trinajstić information content (AvgIpc) is 3.62. The molecule has 3 aromatic rings. The zero-order chi connectivity index (χ0) is 31.9. The molecule has 0 saturated carbocycles. The standard InChI is InChI=1S/C28H36N4O9S3/c1-18-23(25-30-12-15-40-25)42-26-24(18)44(36,37)32(28(2,3)11-16-43(29,34)35)27(33)31(26)17-22(41-19-9-13-39-14-10-19)20-7-5-6-8-21(20)38-4/h5-8,12,15,19,22H,9-11,13-14,16-17H2,1-4H3,(H2,29,34,35)/t22-/m0/s1. The minimum absolute atomic E-state index is 0.0637. The van der Waals surface area contributed by atoms with Crippen molar-refractivity contribution in [3.8, 4) is 16.5 Å². The van der Waals surface area contributed by atoms with Gasteiger partial charge < -0.3 is 18.6 Å². The van der Waals surface area contributed by atoms with E-state index in [0.29, 0.717) is 47.8 Å². The van der Waals surface area contributed by atoms with Crippen molar-refractivity contribution in [3.63, 3.8) is 0 Å². The Morgan fingerprint density at radius 3 is 2.57 bits per heavy atom. The summed E-state index contributed by atoms with van der Waals surface area (Å²) in [6, 6.07) is 6.46. The molecular formula is C28H36N4O9S3. The first-order valence-corrected chi connectivity index (χ1v) is 18.0. The predicted molar refractivity (Wildman–Crippen MR) is 164 cm³/mol. The molecule has 2 N–H and O–H groups in total. The molecule has 2 aliphatic rings. The highest BCUT2D eigenvalue weighted by Crippen LogP contribution is 2.50. The lowest BCUT2D eigenvalue weighted by atomic mass is 10.0. The van der Waals surface area contributed by atoms with Gasteiger partial charge in [-0.1, -0.05) is 18.2 Å². The number of carbonyl (C=O) groups excluding carboxylic acids is 1. The van der Waals surface area contributed by atoms with Crippen molar-refractivity contribution in [1.29, 1.82) is 0 Å². The van der Waals surface area contributed by atoms with Crippen LogP contribution in [0.3, 0.4) is 0 Å². The van der Waals surface area contributed by atoms with E-state index >= 15 is 0 Å². The predicted octanol–water partition coefficient (Wildman–Crippen LogP) is 4.04. The Morgan fingerprint density at radius 1 is 1.23 bits per heavy atom. The SMILES string of the molecule is COc1ccccc1[C@H](CN1C(=O)N(C(C)(C)CCS(N)(=O)=O)S(=O)(=O)c2c1sc(-c1ncco1)c2C)OC1CCOCC1. The van der Waals surface area contributed by atoms with Crippen LogP contribution < -0.4 is 14.8 Å². The molecule has 2 aliphatic heterocycles. The second kappa shape index (κ2) is 12.4. The molecule has 1 atom stereocenters. The zero-order valence-electron chi connectivity index (χ0n) is 24.9. The Hall–Kier alpha value is -3.02. The maximum absolute atomic E-state index is 14.4. The van der Waals surface area contributed by atoms with Crippen LogP contribution in [0.15, 0.2) is 46.0 Å². The molecule has 5 rings (SSSR count). The minimum Gasteiger partial charge on any atom is -0.496 e. The summed E-state index contributed by atoms with van der Waals surface area (Å²) in [5, 5.41) is 5.45. The van der Waals surface area contributed by atoms with E-state index in [1.807, 2.05) is 18.2 Å². The molecule has 2 aromatic heterocycles. The van der Waals surface area contributed by atoms with E-state index in [2.05, 4.69) is 4.98 Å². The highest BCUT2D eigenvalue weighted by Gasteiger charge is 2.51. The number of sulfonamides is 2. The van der Waals surface area contributed by atoms with Gasteiger partial charge in [0.2, 0.25) is 15.9 Å². The van der Waals surface area contributed by atoms with E-state index in [0.717, 1.165) is 15.6 Å². The number of thiophene rings is 1. The fourth-order valence-corrected chi connectivity index (χ4v) is 9.97. The second-order valence-corrected chi connectivity index (χ2v) is 15.8. The number of ether oxygens (including phenoxy) is 3. The Labute approximate surface area is 261 Å². The topological polar surface area (TPSA) is 172 Å². The number of nitrogens with two attached hydrogens (primary N) is 1. The van der Waals surface area contributed by atoms with Crippen LogP contribution in [0, 0.1) is 6.92 Å². The quantitative estimate of drug-likeness (QED) is 0.314. The van der Waals surface area contributed by atoms with Crippen LogP contribution in [0.5, 0.6) is 5.75 Å². The van der Waals surface area contributed by atoms with Gasteiger partial charge in [-0.25, -0.2) is 36.1 Å². The van der Waals surface area contributed by atoms with Crippen molar-refractivity contribution in [3.05, 3.63) is 47.9 Å².